The predicted molar refractivity (Wildman–Crippen MR) is 57.4 cm³/mol. The van der Waals surface area contributed by atoms with Crippen molar-refractivity contribution in [2.24, 2.45) is 23.7 Å². The molecule has 3 heteroatoms. The first-order valence-corrected chi connectivity index (χ1v) is 5.57. The lowest BCUT2D eigenvalue weighted by Gasteiger charge is -2.22. The quantitative estimate of drug-likeness (QED) is 0.443. The summed E-state index contributed by atoms with van der Waals surface area (Å²) in [5.41, 5.74) is 0. The van der Waals surface area contributed by atoms with Gasteiger partial charge in [-0.2, -0.15) is 0 Å². The van der Waals surface area contributed by atoms with E-state index in [-0.39, 0.29) is 21.4 Å². The fraction of sp³-hybridized carbons (Fsp3) is 0.600. The lowest BCUT2D eigenvalue weighted by atomic mass is 9.82. The van der Waals surface area contributed by atoms with Crippen LogP contribution < -0.4 is 0 Å². The zero-order chi connectivity index (χ0) is 9.59. The van der Waals surface area contributed by atoms with E-state index in [9.17, 15) is 9.59 Å². The molecule has 2 bridgehead atoms. The molecule has 2 nitrogen and oxygen atoms in total. The molecule has 2 aliphatic rings. The maximum atomic E-state index is 11.4. The van der Waals surface area contributed by atoms with Crippen molar-refractivity contribution in [1.82, 2.24) is 0 Å². The molecule has 0 amide bonds. The molecular weight excluding hydrogens is 279 g/mol. The monoisotopic (exact) mass is 290 g/mol. The normalized spacial score (nSPS) is 41.1. The van der Waals surface area contributed by atoms with Gasteiger partial charge in [0.15, 0.2) is 3.79 Å². The second kappa shape index (κ2) is 3.19. The summed E-state index contributed by atoms with van der Waals surface area (Å²) >= 11 is 1.83. The van der Waals surface area contributed by atoms with E-state index in [0.717, 1.165) is 6.42 Å². The lowest BCUT2D eigenvalue weighted by Crippen LogP contribution is -2.29. The lowest BCUT2D eigenvalue weighted by molar-refractivity contribution is -0.127. The van der Waals surface area contributed by atoms with E-state index in [0.29, 0.717) is 11.8 Å². The van der Waals surface area contributed by atoms with E-state index in [2.05, 4.69) is 12.2 Å². The Kier molecular flexibility index (Phi) is 2.30. The molecule has 4 unspecified atom stereocenters. The molecule has 1 saturated carbocycles. The first-order chi connectivity index (χ1) is 6.11. The number of ketones is 1. The third-order valence-electron chi connectivity index (χ3n) is 3.19. The smallest absolute Gasteiger partial charge is 0.196 e. The van der Waals surface area contributed by atoms with Gasteiger partial charge in [0, 0.05) is 11.8 Å². The molecule has 0 N–H and O–H groups in total. The maximum Gasteiger partial charge on any atom is 0.196 e. The van der Waals surface area contributed by atoms with Gasteiger partial charge in [-0.15, -0.1) is 0 Å². The van der Waals surface area contributed by atoms with Crippen LogP contribution in [-0.4, -0.2) is 9.57 Å². The highest BCUT2D eigenvalue weighted by atomic mass is 127. The van der Waals surface area contributed by atoms with Crippen LogP contribution in [0.4, 0.5) is 0 Å². The number of Topliss-reactive ketones (excluding diaryl/α,β-unsaturated/α-hetero) is 1. The summed E-state index contributed by atoms with van der Waals surface area (Å²) in [6.07, 6.45) is 5.21. The maximum absolute atomic E-state index is 11.4. The van der Waals surface area contributed by atoms with Gasteiger partial charge < -0.3 is 0 Å². The standard InChI is InChI=1S/C10H11IO2/c1-5(12)8-6-2-3-7(4-6)9(8)10(11)13/h2-3,6-9H,4H2,1H3. The van der Waals surface area contributed by atoms with E-state index >= 15 is 0 Å². The Bertz CT molecular complexity index is 267. The number of hydrogen-bond acceptors (Lipinski definition) is 2. The fourth-order valence-corrected chi connectivity index (χ4v) is 3.54. The second-order valence-electron chi connectivity index (χ2n) is 3.91. The zero-order valence-corrected chi connectivity index (χ0v) is 9.52. The van der Waals surface area contributed by atoms with Gasteiger partial charge in [0.2, 0.25) is 0 Å². The Morgan fingerprint density at radius 1 is 1.23 bits per heavy atom. The Morgan fingerprint density at radius 2 is 1.77 bits per heavy atom. The van der Waals surface area contributed by atoms with Gasteiger partial charge >= 0.3 is 0 Å². The number of carbonyl (C=O) groups is 2. The van der Waals surface area contributed by atoms with Gasteiger partial charge in [-0.25, -0.2) is 0 Å². The minimum absolute atomic E-state index is 0.0283. The Hall–Kier alpha value is -0.190. The van der Waals surface area contributed by atoms with Crippen LogP contribution in [0, 0.1) is 23.7 Å². The van der Waals surface area contributed by atoms with E-state index in [1.165, 1.54) is 0 Å². The first kappa shape index (κ1) is 9.37. The van der Waals surface area contributed by atoms with Crippen molar-refractivity contribution >= 4 is 32.2 Å². The van der Waals surface area contributed by atoms with Crippen LogP contribution in [0.3, 0.4) is 0 Å². The summed E-state index contributed by atoms with van der Waals surface area (Å²) in [7, 11) is 0. The van der Waals surface area contributed by atoms with Crippen LogP contribution in [0.1, 0.15) is 13.3 Å². The third kappa shape index (κ3) is 1.37. The predicted octanol–water partition coefficient (Wildman–Crippen LogP) is 1.98. The minimum atomic E-state index is -0.0342. The van der Waals surface area contributed by atoms with Gasteiger partial charge in [0.1, 0.15) is 5.78 Å². The van der Waals surface area contributed by atoms with Crippen molar-refractivity contribution in [3.05, 3.63) is 12.2 Å². The van der Waals surface area contributed by atoms with Gasteiger partial charge in [-0.05, 0) is 47.8 Å². The fourth-order valence-electron chi connectivity index (χ4n) is 2.69. The topological polar surface area (TPSA) is 34.1 Å². The van der Waals surface area contributed by atoms with Crippen molar-refractivity contribution in [1.29, 1.82) is 0 Å². The summed E-state index contributed by atoms with van der Waals surface area (Å²) in [5.74, 6) is 0.786. The Balaban J connectivity index is 2.30. The Morgan fingerprint density at radius 3 is 2.15 bits per heavy atom. The van der Waals surface area contributed by atoms with Crippen LogP contribution in [-0.2, 0) is 9.59 Å². The summed E-state index contributed by atoms with van der Waals surface area (Å²) in [6, 6.07) is 0. The van der Waals surface area contributed by atoms with Crippen LogP contribution in [0.15, 0.2) is 12.2 Å². The van der Waals surface area contributed by atoms with Crippen molar-refractivity contribution < 1.29 is 9.59 Å². The average molecular weight is 290 g/mol. The van der Waals surface area contributed by atoms with E-state index in [1.807, 2.05) is 22.6 Å². The van der Waals surface area contributed by atoms with E-state index < -0.39 is 0 Å². The number of fused-ring (bicyclic) bond motifs is 2. The molecule has 70 valence electrons. The van der Waals surface area contributed by atoms with E-state index in [4.69, 9.17) is 0 Å². The number of allylic oxidation sites excluding steroid dienone is 2. The van der Waals surface area contributed by atoms with Crippen LogP contribution in [0.5, 0.6) is 0 Å². The van der Waals surface area contributed by atoms with Crippen LogP contribution in [0.2, 0.25) is 0 Å². The molecule has 2 aliphatic carbocycles. The van der Waals surface area contributed by atoms with Gasteiger partial charge in [-0.3, -0.25) is 9.59 Å². The number of hydrogen-bond donors (Lipinski definition) is 0. The summed E-state index contributed by atoms with van der Waals surface area (Å²) in [4.78, 5) is 22.7. The SMILES string of the molecule is CC(=O)C1C2C=CC(C2)C1C(=O)I. The first-order valence-electron chi connectivity index (χ1n) is 4.49. The van der Waals surface area contributed by atoms with Crippen molar-refractivity contribution in [2.75, 3.05) is 0 Å². The molecule has 0 aromatic heterocycles. The molecular formula is C10H11IO2. The number of halogens is 1. The minimum Gasteiger partial charge on any atom is -0.300 e. The molecule has 1 fully saturated rings. The van der Waals surface area contributed by atoms with Gasteiger partial charge in [-0.1, -0.05) is 12.2 Å². The summed E-state index contributed by atoms with van der Waals surface area (Å²) < 4.78 is 0.148. The molecule has 0 aromatic carbocycles. The second-order valence-corrected chi connectivity index (χ2v) is 4.98. The molecule has 0 radical (unpaired) electrons. The highest BCUT2D eigenvalue weighted by molar-refractivity contribution is 14.1. The van der Waals surface area contributed by atoms with Crippen molar-refractivity contribution in [3.63, 3.8) is 0 Å². The molecule has 13 heavy (non-hydrogen) atoms. The van der Waals surface area contributed by atoms with Crippen LogP contribution >= 0.6 is 22.6 Å². The number of carbonyl (C=O) groups excluding carboxylic acids is 2. The number of rotatable bonds is 2. The van der Waals surface area contributed by atoms with Crippen LogP contribution in [0.25, 0.3) is 0 Å². The average Bonchev–Trinajstić information content (AvgIpc) is 2.60. The molecule has 0 saturated heterocycles. The Labute approximate surface area is 90.9 Å². The highest BCUT2D eigenvalue weighted by Crippen LogP contribution is 2.49. The molecule has 4 atom stereocenters. The van der Waals surface area contributed by atoms with Gasteiger partial charge in [0.25, 0.3) is 0 Å². The largest absolute Gasteiger partial charge is 0.300 e. The van der Waals surface area contributed by atoms with Crippen molar-refractivity contribution in [2.45, 2.75) is 13.3 Å². The molecule has 0 spiro atoms. The van der Waals surface area contributed by atoms with Gasteiger partial charge in [0.05, 0.1) is 0 Å². The van der Waals surface area contributed by atoms with Crippen molar-refractivity contribution in [3.8, 4) is 0 Å². The molecule has 0 heterocycles. The summed E-state index contributed by atoms with van der Waals surface area (Å²) in [5, 5.41) is 0. The third-order valence-corrected chi connectivity index (χ3v) is 3.91. The zero-order valence-electron chi connectivity index (χ0n) is 7.37. The molecule has 2 rings (SSSR count). The molecule has 0 aromatic rings. The molecule has 0 aliphatic heterocycles. The summed E-state index contributed by atoms with van der Waals surface area (Å²) in [6.45, 7) is 1.60. The highest BCUT2D eigenvalue weighted by Gasteiger charge is 2.49. The van der Waals surface area contributed by atoms with E-state index in [1.54, 1.807) is 6.92 Å².